The van der Waals surface area contributed by atoms with Gasteiger partial charge in [0.25, 0.3) is 0 Å². The van der Waals surface area contributed by atoms with Gasteiger partial charge >= 0.3 is 6.03 Å². The first kappa shape index (κ1) is 14.5. The zero-order valence-electron chi connectivity index (χ0n) is 12.6. The summed E-state index contributed by atoms with van der Waals surface area (Å²) in [4.78, 5) is 15.9. The van der Waals surface area contributed by atoms with Gasteiger partial charge in [-0.05, 0) is 35.8 Å². The van der Waals surface area contributed by atoms with E-state index in [-0.39, 0.29) is 18.2 Å². The van der Waals surface area contributed by atoms with Crippen molar-refractivity contribution in [3.63, 3.8) is 0 Å². The van der Waals surface area contributed by atoms with Crippen LogP contribution < -0.4 is 5.32 Å². The van der Waals surface area contributed by atoms with Crippen LogP contribution in [0.5, 0.6) is 0 Å². The number of rotatable bonds is 3. The van der Waals surface area contributed by atoms with Crippen molar-refractivity contribution in [1.29, 1.82) is 0 Å². The van der Waals surface area contributed by atoms with Gasteiger partial charge in [0.05, 0.1) is 25.9 Å². The lowest BCUT2D eigenvalue weighted by molar-refractivity contribution is 0.00228. The standard InChI is InChI=1S/C16H22N2O3S/c19-16(18-5-7-20-10-13(18)11-1-2-11)17-9-14-12-4-8-22-15(12)3-6-21-14/h4,8,11,13-14H,1-3,5-7,9-10H2,(H,17,19)/t13-,14-/m1/s1. The summed E-state index contributed by atoms with van der Waals surface area (Å²) in [6, 6.07) is 2.42. The molecule has 4 rings (SSSR count). The zero-order chi connectivity index (χ0) is 14.9. The maximum Gasteiger partial charge on any atom is 0.317 e. The Kier molecular flexibility index (Phi) is 4.07. The molecule has 5 nitrogen and oxygen atoms in total. The Morgan fingerprint density at radius 3 is 3.18 bits per heavy atom. The van der Waals surface area contributed by atoms with Gasteiger partial charge in [0.1, 0.15) is 6.10 Å². The highest BCUT2D eigenvalue weighted by Gasteiger charge is 2.39. The van der Waals surface area contributed by atoms with E-state index in [0.29, 0.717) is 32.2 Å². The number of nitrogens with zero attached hydrogens (tertiary/aromatic N) is 1. The van der Waals surface area contributed by atoms with E-state index >= 15 is 0 Å². The van der Waals surface area contributed by atoms with E-state index in [1.807, 2.05) is 4.90 Å². The summed E-state index contributed by atoms with van der Waals surface area (Å²) in [5, 5.41) is 5.19. The fourth-order valence-electron chi connectivity index (χ4n) is 3.42. The second-order valence-electron chi connectivity index (χ2n) is 6.27. The fraction of sp³-hybridized carbons (Fsp3) is 0.688. The molecule has 2 aliphatic heterocycles. The first-order valence-electron chi connectivity index (χ1n) is 8.13. The highest BCUT2D eigenvalue weighted by atomic mass is 32.1. The molecule has 0 bridgehead atoms. The van der Waals surface area contributed by atoms with Crippen molar-refractivity contribution in [2.24, 2.45) is 5.92 Å². The van der Waals surface area contributed by atoms with Gasteiger partial charge in [0.15, 0.2) is 0 Å². The second-order valence-corrected chi connectivity index (χ2v) is 7.27. The number of fused-ring (bicyclic) bond motifs is 1. The minimum atomic E-state index is -0.000587. The van der Waals surface area contributed by atoms with E-state index < -0.39 is 0 Å². The molecular formula is C16H22N2O3S. The number of urea groups is 1. The minimum absolute atomic E-state index is 0.000587. The maximum atomic E-state index is 12.5. The van der Waals surface area contributed by atoms with Crippen molar-refractivity contribution in [3.8, 4) is 0 Å². The molecular weight excluding hydrogens is 300 g/mol. The van der Waals surface area contributed by atoms with Gasteiger partial charge in [-0.2, -0.15) is 0 Å². The second kappa shape index (κ2) is 6.18. The Labute approximate surface area is 134 Å². The van der Waals surface area contributed by atoms with E-state index in [0.717, 1.165) is 13.0 Å². The third kappa shape index (κ3) is 2.87. The van der Waals surface area contributed by atoms with Crippen molar-refractivity contribution in [3.05, 3.63) is 21.9 Å². The van der Waals surface area contributed by atoms with Crippen LogP contribution in [-0.2, 0) is 15.9 Å². The number of hydrogen-bond donors (Lipinski definition) is 1. The molecule has 1 saturated heterocycles. The lowest BCUT2D eigenvalue weighted by atomic mass is 10.1. The van der Waals surface area contributed by atoms with Crippen LogP contribution in [0.3, 0.4) is 0 Å². The molecule has 1 aliphatic carbocycles. The molecule has 2 fully saturated rings. The summed E-state index contributed by atoms with van der Waals surface area (Å²) < 4.78 is 11.4. The van der Waals surface area contributed by atoms with Crippen LogP contribution in [0.1, 0.15) is 29.4 Å². The Balaban J connectivity index is 1.36. The van der Waals surface area contributed by atoms with Crippen molar-refractivity contribution in [1.82, 2.24) is 10.2 Å². The molecule has 1 aromatic heterocycles. The van der Waals surface area contributed by atoms with Crippen LogP contribution in [0.15, 0.2) is 11.4 Å². The summed E-state index contributed by atoms with van der Waals surface area (Å²) in [7, 11) is 0. The molecule has 1 N–H and O–H groups in total. The van der Waals surface area contributed by atoms with Crippen molar-refractivity contribution >= 4 is 17.4 Å². The maximum absolute atomic E-state index is 12.5. The Morgan fingerprint density at radius 1 is 1.41 bits per heavy atom. The number of nitrogens with one attached hydrogen (secondary N) is 1. The Morgan fingerprint density at radius 2 is 2.32 bits per heavy atom. The average Bonchev–Trinajstić information content (AvgIpc) is 3.29. The smallest absolute Gasteiger partial charge is 0.317 e. The molecule has 6 heteroatoms. The molecule has 0 spiro atoms. The summed E-state index contributed by atoms with van der Waals surface area (Å²) >= 11 is 1.78. The first-order chi connectivity index (χ1) is 10.8. The fourth-order valence-corrected chi connectivity index (χ4v) is 4.34. The van der Waals surface area contributed by atoms with Crippen LogP contribution in [0, 0.1) is 5.92 Å². The topological polar surface area (TPSA) is 50.8 Å². The molecule has 0 unspecified atom stereocenters. The molecule has 0 radical (unpaired) electrons. The number of hydrogen-bond acceptors (Lipinski definition) is 4. The Bertz CT molecular complexity index is 543. The summed E-state index contributed by atoms with van der Waals surface area (Å²) in [6.45, 7) is 3.33. The zero-order valence-corrected chi connectivity index (χ0v) is 13.4. The van der Waals surface area contributed by atoms with Gasteiger partial charge in [-0.1, -0.05) is 0 Å². The molecule has 3 aliphatic rings. The molecule has 1 saturated carbocycles. The highest BCUT2D eigenvalue weighted by Crippen LogP contribution is 2.36. The van der Waals surface area contributed by atoms with Crippen LogP contribution in [0.2, 0.25) is 0 Å². The molecule has 1 aromatic rings. The van der Waals surface area contributed by atoms with E-state index in [2.05, 4.69) is 16.8 Å². The molecule has 0 aromatic carbocycles. The van der Waals surface area contributed by atoms with Crippen molar-refractivity contribution in [2.45, 2.75) is 31.4 Å². The van der Waals surface area contributed by atoms with E-state index in [1.165, 1.54) is 23.3 Å². The van der Waals surface area contributed by atoms with E-state index in [1.54, 1.807) is 11.3 Å². The quantitative estimate of drug-likeness (QED) is 0.928. The lowest BCUT2D eigenvalue weighted by Crippen LogP contribution is -2.54. The third-order valence-electron chi connectivity index (χ3n) is 4.81. The first-order valence-corrected chi connectivity index (χ1v) is 9.01. The van der Waals surface area contributed by atoms with Gasteiger partial charge in [0, 0.05) is 24.4 Å². The van der Waals surface area contributed by atoms with Crippen LogP contribution in [-0.4, -0.2) is 49.9 Å². The third-order valence-corrected chi connectivity index (χ3v) is 5.80. The monoisotopic (exact) mass is 322 g/mol. The van der Waals surface area contributed by atoms with Crippen LogP contribution in [0.25, 0.3) is 0 Å². The lowest BCUT2D eigenvalue weighted by Gasteiger charge is -2.36. The van der Waals surface area contributed by atoms with Crippen LogP contribution >= 0.6 is 11.3 Å². The number of morpholine rings is 1. The number of carbonyl (C=O) groups is 1. The average molecular weight is 322 g/mol. The molecule has 120 valence electrons. The summed E-state index contributed by atoms with van der Waals surface area (Å²) in [5.41, 5.74) is 1.25. The number of amides is 2. The normalized spacial score (nSPS) is 28.3. The van der Waals surface area contributed by atoms with Gasteiger partial charge in [0.2, 0.25) is 0 Å². The number of ether oxygens (including phenoxy) is 2. The summed E-state index contributed by atoms with van der Waals surface area (Å²) in [6.07, 6.45) is 3.44. The van der Waals surface area contributed by atoms with Gasteiger partial charge in [-0.3, -0.25) is 0 Å². The van der Waals surface area contributed by atoms with Crippen LogP contribution in [0.4, 0.5) is 4.79 Å². The highest BCUT2D eigenvalue weighted by molar-refractivity contribution is 7.10. The van der Waals surface area contributed by atoms with E-state index in [4.69, 9.17) is 9.47 Å². The SMILES string of the molecule is O=C(NC[C@H]1OCCc2sccc21)N1CCOC[C@@H]1C1CC1. The van der Waals surface area contributed by atoms with Crippen molar-refractivity contribution in [2.75, 3.05) is 32.9 Å². The van der Waals surface area contributed by atoms with Gasteiger partial charge in [-0.25, -0.2) is 4.79 Å². The van der Waals surface area contributed by atoms with E-state index in [9.17, 15) is 4.79 Å². The minimum Gasteiger partial charge on any atom is -0.377 e. The molecule has 2 atom stereocenters. The molecule has 3 heterocycles. The predicted molar refractivity (Wildman–Crippen MR) is 84.2 cm³/mol. The molecule has 22 heavy (non-hydrogen) atoms. The van der Waals surface area contributed by atoms with Crippen molar-refractivity contribution < 1.29 is 14.3 Å². The number of carbonyl (C=O) groups excluding carboxylic acids is 1. The summed E-state index contributed by atoms with van der Waals surface area (Å²) in [5.74, 6) is 0.639. The largest absolute Gasteiger partial charge is 0.377 e. The molecule has 2 amide bonds. The van der Waals surface area contributed by atoms with Gasteiger partial charge in [-0.15, -0.1) is 11.3 Å². The Hall–Kier alpha value is -1.11. The number of thiophene rings is 1. The predicted octanol–water partition coefficient (Wildman–Crippen LogP) is 2.18. The van der Waals surface area contributed by atoms with Gasteiger partial charge < -0.3 is 19.7 Å².